The van der Waals surface area contributed by atoms with E-state index in [0.29, 0.717) is 6.61 Å². The number of halogens is 2. The first kappa shape index (κ1) is 13.6. The van der Waals surface area contributed by atoms with Crippen LogP contribution in [0.2, 0.25) is 0 Å². The van der Waals surface area contributed by atoms with E-state index in [1.807, 2.05) is 0 Å². The molecular formula is C12H15F2NO2. The third-order valence-corrected chi connectivity index (χ3v) is 2.57. The van der Waals surface area contributed by atoms with Crippen molar-refractivity contribution in [1.29, 1.82) is 0 Å². The molecule has 17 heavy (non-hydrogen) atoms. The lowest BCUT2D eigenvalue weighted by molar-refractivity contribution is 0.0628. The van der Waals surface area contributed by atoms with E-state index < -0.39 is 17.5 Å². The highest BCUT2D eigenvalue weighted by Gasteiger charge is 2.21. The lowest BCUT2D eigenvalue weighted by atomic mass is 10.1. The maximum atomic E-state index is 13.4. The van der Waals surface area contributed by atoms with Crippen LogP contribution in [0.25, 0.3) is 0 Å². The summed E-state index contributed by atoms with van der Waals surface area (Å²) < 4.78 is 31.3. The number of amides is 1. The van der Waals surface area contributed by atoms with Crippen molar-refractivity contribution in [1.82, 2.24) is 4.90 Å². The maximum absolute atomic E-state index is 13.4. The molecule has 0 saturated carbocycles. The van der Waals surface area contributed by atoms with Crippen molar-refractivity contribution in [3.63, 3.8) is 0 Å². The predicted octanol–water partition coefficient (Wildman–Crippen LogP) is 2.07. The number of nitrogens with zero attached hydrogens (tertiary/aromatic N) is 1. The van der Waals surface area contributed by atoms with Crippen LogP contribution in [0.1, 0.15) is 17.3 Å². The topological polar surface area (TPSA) is 29.5 Å². The third kappa shape index (κ3) is 3.00. The second-order valence-corrected chi connectivity index (χ2v) is 3.82. The zero-order valence-electron chi connectivity index (χ0n) is 10.0. The lowest BCUT2D eigenvalue weighted by Gasteiger charge is -2.24. The summed E-state index contributed by atoms with van der Waals surface area (Å²) in [6, 6.07) is 3.33. The van der Waals surface area contributed by atoms with Crippen molar-refractivity contribution in [2.75, 3.05) is 20.8 Å². The fourth-order valence-electron chi connectivity index (χ4n) is 1.41. The van der Waals surface area contributed by atoms with Crippen LogP contribution in [0.3, 0.4) is 0 Å². The smallest absolute Gasteiger partial charge is 0.257 e. The van der Waals surface area contributed by atoms with Crippen molar-refractivity contribution in [3.8, 4) is 0 Å². The quantitative estimate of drug-likeness (QED) is 0.810. The van der Waals surface area contributed by atoms with Gasteiger partial charge in [-0.1, -0.05) is 6.07 Å². The summed E-state index contributed by atoms with van der Waals surface area (Å²) in [5.41, 5.74) is -0.268. The van der Waals surface area contributed by atoms with Crippen LogP contribution in [0.5, 0.6) is 0 Å². The number of ether oxygens (including phenoxy) is 1. The van der Waals surface area contributed by atoms with Gasteiger partial charge in [0.2, 0.25) is 0 Å². The molecule has 94 valence electrons. The van der Waals surface area contributed by atoms with Gasteiger partial charge in [0.1, 0.15) is 0 Å². The van der Waals surface area contributed by atoms with Crippen LogP contribution in [-0.2, 0) is 4.74 Å². The molecule has 1 aromatic carbocycles. The van der Waals surface area contributed by atoms with Crippen molar-refractivity contribution < 1.29 is 18.3 Å². The zero-order valence-corrected chi connectivity index (χ0v) is 10.0. The van der Waals surface area contributed by atoms with Crippen LogP contribution in [0.15, 0.2) is 18.2 Å². The van der Waals surface area contributed by atoms with E-state index in [-0.39, 0.29) is 11.6 Å². The van der Waals surface area contributed by atoms with Gasteiger partial charge < -0.3 is 9.64 Å². The van der Waals surface area contributed by atoms with E-state index in [1.54, 1.807) is 6.92 Å². The Morgan fingerprint density at radius 1 is 1.47 bits per heavy atom. The Kier molecular flexibility index (Phi) is 4.57. The molecule has 0 aliphatic heterocycles. The largest absolute Gasteiger partial charge is 0.383 e. The third-order valence-electron chi connectivity index (χ3n) is 2.57. The minimum absolute atomic E-state index is 0.213. The molecule has 0 saturated heterocycles. The summed E-state index contributed by atoms with van der Waals surface area (Å²) in [4.78, 5) is 13.2. The van der Waals surface area contributed by atoms with E-state index in [9.17, 15) is 13.6 Å². The van der Waals surface area contributed by atoms with Gasteiger partial charge in [-0.25, -0.2) is 8.78 Å². The van der Waals surface area contributed by atoms with Gasteiger partial charge in [-0.3, -0.25) is 4.79 Å². The molecule has 0 N–H and O–H groups in total. The van der Waals surface area contributed by atoms with E-state index in [1.165, 1.54) is 31.2 Å². The molecule has 1 atom stereocenters. The van der Waals surface area contributed by atoms with Gasteiger partial charge in [0, 0.05) is 14.2 Å². The molecule has 5 heteroatoms. The molecule has 0 radical (unpaired) electrons. The summed E-state index contributed by atoms with van der Waals surface area (Å²) in [5, 5.41) is 0. The summed E-state index contributed by atoms with van der Waals surface area (Å²) in [7, 11) is 3.04. The first-order valence-electron chi connectivity index (χ1n) is 5.19. The van der Waals surface area contributed by atoms with Crippen LogP contribution in [-0.4, -0.2) is 37.6 Å². The van der Waals surface area contributed by atoms with Crippen LogP contribution < -0.4 is 0 Å². The van der Waals surface area contributed by atoms with Gasteiger partial charge in [0.05, 0.1) is 18.2 Å². The SMILES string of the molecule is COCC(C)N(C)C(=O)c1cccc(F)c1F. The Morgan fingerprint density at radius 2 is 2.12 bits per heavy atom. The highest BCUT2D eigenvalue weighted by atomic mass is 19.2. The summed E-state index contributed by atoms with van der Waals surface area (Å²) in [5.74, 6) is -2.70. The molecule has 1 aromatic rings. The predicted molar refractivity (Wildman–Crippen MR) is 59.8 cm³/mol. The molecule has 0 aliphatic carbocycles. The van der Waals surface area contributed by atoms with Crippen LogP contribution in [0.4, 0.5) is 8.78 Å². The van der Waals surface area contributed by atoms with Gasteiger partial charge in [-0.2, -0.15) is 0 Å². The molecule has 3 nitrogen and oxygen atoms in total. The van der Waals surface area contributed by atoms with E-state index in [2.05, 4.69) is 0 Å². The van der Waals surface area contributed by atoms with Gasteiger partial charge in [-0.05, 0) is 19.1 Å². The minimum Gasteiger partial charge on any atom is -0.383 e. The van der Waals surface area contributed by atoms with Crippen molar-refractivity contribution in [3.05, 3.63) is 35.4 Å². The molecule has 1 rings (SSSR count). The monoisotopic (exact) mass is 243 g/mol. The Bertz CT molecular complexity index is 409. The normalized spacial score (nSPS) is 12.3. The van der Waals surface area contributed by atoms with Crippen molar-refractivity contribution >= 4 is 5.91 Å². The first-order valence-corrected chi connectivity index (χ1v) is 5.19. The minimum atomic E-state index is -1.12. The zero-order chi connectivity index (χ0) is 13.0. The molecule has 0 spiro atoms. The first-order chi connectivity index (χ1) is 7.99. The summed E-state index contributed by atoms with van der Waals surface area (Å²) in [6.07, 6.45) is 0. The Labute approximate surface area is 99.0 Å². The van der Waals surface area contributed by atoms with Crippen LogP contribution >= 0.6 is 0 Å². The Hall–Kier alpha value is -1.49. The lowest BCUT2D eigenvalue weighted by Crippen LogP contribution is -2.38. The molecule has 1 amide bonds. The number of hydrogen-bond acceptors (Lipinski definition) is 2. The van der Waals surface area contributed by atoms with E-state index in [0.717, 1.165) is 6.07 Å². The number of methoxy groups -OCH3 is 1. The number of carbonyl (C=O) groups is 1. The standard InChI is InChI=1S/C12H15F2NO2/c1-8(7-17-3)15(2)12(16)9-5-4-6-10(13)11(9)14/h4-6,8H,7H2,1-3H3. The maximum Gasteiger partial charge on any atom is 0.257 e. The average molecular weight is 243 g/mol. The average Bonchev–Trinajstić information content (AvgIpc) is 2.31. The van der Waals surface area contributed by atoms with Gasteiger partial charge in [0.25, 0.3) is 5.91 Å². The van der Waals surface area contributed by atoms with Gasteiger partial charge in [0.15, 0.2) is 11.6 Å². The molecule has 0 heterocycles. The highest BCUT2D eigenvalue weighted by Crippen LogP contribution is 2.14. The molecule has 0 fully saturated rings. The number of benzene rings is 1. The molecule has 0 bridgehead atoms. The molecule has 0 aliphatic rings. The Morgan fingerprint density at radius 3 is 2.71 bits per heavy atom. The second-order valence-electron chi connectivity index (χ2n) is 3.82. The van der Waals surface area contributed by atoms with Crippen molar-refractivity contribution in [2.24, 2.45) is 0 Å². The summed E-state index contributed by atoms with van der Waals surface area (Å²) in [6.45, 7) is 2.10. The summed E-state index contributed by atoms with van der Waals surface area (Å²) >= 11 is 0. The van der Waals surface area contributed by atoms with Crippen LogP contribution in [0, 0.1) is 11.6 Å². The van der Waals surface area contributed by atoms with Gasteiger partial charge in [-0.15, -0.1) is 0 Å². The number of rotatable bonds is 4. The van der Waals surface area contributed by atoms with Gasteiger partial charge >= 0.3 is 0 Å². The fraction of sp³-hybridized carbons (Fsp3) is 0.417. The highest BCUT2D eigenvalue weighted by molar-refractivity contribution is 5.94. The van der Waals surface area contributed by atoms with E-state index in [4.69, 9.17) is 4.74 Å². The number of carbonyl (C=O) groups excluding carboxylic acids is 1. The Balaban J connectivity index is 2.93. The number of hydrogen-bond donors (Lipinski definition) is 0. The second kappa shape index (κ2) is 5.72. The fourth-order valence-corrected chi connectivity index (χ4v) is 1.41. The molecule has 0 aromatic heterocycles. The molecule has 1 unspecified atom stereocenters. The number of likely N-dealkylation sites (N-methyl/N-ethyl adjacent to an activating group) is 1. The molecular weight excluding hydrogens is 228 g/mol. The van der Waals surface area contributed by atoms with Crippen molar-refractivity contribution in [2.45, 2.75) is 13.0 Å². The van der Waals surface area contributed by atoms with E-state index >= 15 is 0 Å².